The summed E-state index contributed by atoms with van der Waals surface area (Å²) in [5.74, 6) is -2.02. The Kier molecular flexibility index (Phi) is 7.60. The van der Waals surface area contributed by atoms with Crippen LogP contribution in [0.3, 0.4) is 0 Å². The predicted molar refractivity (Wildman–Crippen MR) is 112 cm³/mol. The lowest BCUT2D eigenvalue weighted by molar-refractivity contribution is -0.115. The molecule has 2 aromatic carbocycles. The number of halogens is 3. The zero-order valence-corrected chi connectivity index (χ0v) is 17.1. The molecular formula is C22H18ClF2N5O. The molecule has 0 spiro atoms. The lowest BCUT2D eigenvalue weighted by Crippen LogP contribution is -2.17. The van der Waals surface area contributed by atoms with Gasteiger partial charge in [-0.3, -0.25) is 9.78 Å². The molecule has 1 amide bonds. The lowest BCUT2D eigenvalue weighted by atomic mass is 10.1. The number of rotatable bonds is 8. The van der Waals surface area contributed by atoms with Gasteiger partial charge in [0.05, 0.1) is 24.5 Å². The average Bonchev–Trinajstić information content (AvgIpc) is 2.75. The van der Waals surface area contributed by atoms with E-state index in [1.54, 1.807) is 12.1 Å². The summed E-state index contributed by atoms with van der Waals surface area (Å²) in [4.78, 5) is 20.1. The smallest absolute Gasteiger partial charge is 0.230 e. The number of carbonyl (C=O) groups excluding carboxylic acids is 1. The molecule has 0 atom stereocenters. The summed E-state index contributed by atoms with van der Waals surface area (Å²) in [5.41, 5.74) is 2.72. The van der Waals surface area contributed by atoms with Crippen LogP contribution in [-0.4, -0.2) is 22.4 Å². The summed E-state index contributed by atoms with van der Waals surface area (Å²) in [6.07, 6.45) is 3.35. The van der Waals surface area contributed by atoms with Crippen LogP contribution in [-0.2, 0) is 24.2 Å². The van der Waals surface area contributed by atoms with Crippen molar-refractivity contribution in [2.45, 2.75) is 19.4 Å². The number of hydrogen-bond donors (Lipinski definition) is 2. The second kappa shape index (κ2) is 10.6. The van der Waals surface area contributed by atoms with Crippen molar-refractivity contribution >= 4 is 23.2 Å². The molecule has 0 radical (unpaired) electrons. The third-order valence-corrected chi connectivity index (χ3v) is 4.73. The summed E-state index contributed by atoms with van der Waals surface area (Å²) in [7, 11) is 0. The molecule has 0 fully saturated rings. The van der Waals surface area contributed by atoms with Gasteiger partial charge in [0.2, 0.25) is 5.91 Å². The summed E-state index contributed by atoms with van der Waals surface area (Å²) in [6.45, 7) is 0.989. The number of hydrogen-bond acceptors (Lipinski definition) is 5. The molecule has 0 aliphatic rings. The van der Waals surface area contributed by atoms with Crippen molar-refractivity contribution in [3.8, 4) is 6.07 Å². The first-order chi connectivity index (χ1) is 14.9. The van der Waals surface area contributed by atoms with E-state index >= 15 is 0 Å². The predicted octanol–water partition coefficient (Wildman–Crippen LogP) is 3.79. The molecule has 3 aromatic rings. The van der Waals surface area contributed by atoms with E-state index in [4.69, 9.17) is 16.9 Å². The molecule has 1 aromatic heterocycles. The van der Waals surface area contributed by atoms with Gasteiger partial charge in [0.25, 0.3) is 0 Å². The van der Waals surface area contributed by atoms with Crippen molar-refractivity contribution in [2.24, 2.45) is 0 Å². The number of amides is 1. The second-order valence-corrected chi connectivity index (χ2v) is 7.12. The molecule has 0 unspecified atom stereocenters. The van der Waals surface area contributed by atoms with E-state index in [0.717, 1.165) is 17.7 Å². The SMILES string of the molecule is N#Cc1cnc(CC(=O)Nc2ccc(CCNCc3ccc(F)c(F)c3)c(Cl)c2)cn1. The second-order valence-electron chi connectivity index (χ2n) is 6.71. The highest BCUT2D eigenvalue weighted by Gasteiger charge is 2.09. The number of anilines is 1. The van der Waals surface area contributed by atoms with Crippen LogP contribution >= 0.6 is 11.6 Å². The first kappa shape index (κ1) is 22.3. The van der Waals surface area contributed by atoms with E-state index in [-0.39, 0.29) is 18.0 Å². The third kappa shape index (κ3) is 6.54. The fourth-order valence-corrected chi connectivity index (χ4v) is 3.08. The Hall–Kier alpha value is -3.41. The Morgan fingerprint density at radius 2 is 1.94 bits per heavy atom. The average molecular weight is 442 g/mol. The monoisotopic (exact) mass is 441 g/mol. The van der Waals surface area contributed by atoms with Gasteiger partial charge in [0.15, 0.2) is 17.3 Å². The van der Waals surface area contributed by atoms with Crippen LogP contribution < -0.4 is 10.6 Å². The van der Waals surface area contributed by atoms with Crippen molar-refractivity contribution in [2.75, 3.05) is 11.9 Å². The van der Waals surface area contributed by atoms with Crippen LogP contribution in [0.15, 0.2) is 48.8 Å². The van der Waals surface area contributed by atoms with Gasteiger partial charge in [0.1, 0.15) is 6.07 Å². The third-order valence-electron chi connectivity index (χ3n) is 4.38. The minimum Gasteiger partial charge on any atom is -0.326 e. The molecule has 31 heavy (non-hydrogen) atoms. The highest BCUT2D eigenvalue weighted by atomic mass is 35.5. The normalized spacial score (nSPS) is 10.5. The van der Waals surface area contributed by atoms with Crippen LogP contribution in [0.1, 0.15) is 22.5 Å². The van der Waals surface area contributed by atoms with Crippen LogP contribution in [0.25, 0.3) is 0 Å². The fraction of sp³-hybridized carbons (Fsp3) is 0.182. The van der Waals surface area contributed by atoms with Crippen LogP contribution in [0.2, 0.25) is 5.02 Å². The Bertz CT molecular complexity index is 1120. The molecule has 3 rings (SSSR count). The Morgan fingerprint density at radius 1 is 1.10 bits per heavy atom. The first-order valence-electron chi connectivity index (χ1n) is 9.38. The molecule has 0 aliphatic heterocycles. The lowest BCUT2D eigenvalue weighted by Gasteiger charge is -2.10. The summed E-state index contributed by atoms with van der Waals surface area (Å²) >= 11 is 6.32. The number of nitrogens with zero attached hydrogens (tertiary/aromatic N) is 3. The summed E-state index contributed by atoms with van der Waals surface area (Å²) in [5, 5.41) is 15.1. The number of aromatic nitrogens is 2. The molecule has 9 heteroatoms. The molecule has 158 valence electrons. The maximum atomic E-state index is 13.2. The summed E-state index contributed by atoms with van der Waals surface area (Å²) in [6, 6.07) is 10.9. The van der Waals surface area contributed by atoms with E-state index in [0.29, 0.717) is 41.5 Å². The van der Waals surface area contributed by atoms with Gasteiger partial charge in [0, 0.05) is 17.3 Å². The molecule has 0 bridgehead atoms. The highest BCUT2D eigenvalue weighted by Crippen LogP contribution is 2.21. The van der Waals surface area contributed by atoms with E-state index in [1.807, 2.05) is 12.1 Å². The largest absolute Gasteiger partial charge is 0.326 e. The van der Waals surface area contributed by atoms with Crippen LogP contribution in [0.4, 0.5) is 14.5 Å². The zero-order valence-electron chi connectivity index (χ0n) is 16.3. The van der Waals surface area contributed by atoms with Crippen LogP contribution in [0, 0.1) is 23.0 Å². The van der Waals surface area contributed by atoms with Gasteiger partial charge < -0.3 is 10.6 Å². The number of nitriles is 1. The first-order valence-corrected chi connectivity index (χ1v) is 9.76. The molecule has 0 saturated heterocycles. The topological polar surface area (TPSA) is 90.7 Å². The van der Waals surface area contributed by atoms with E-state index in [2.05, 4.69) is 20.6 Å². The van der Waals surface area contributed by atoms with Crippen molar-refractivity contribution in [1.29, 1.82) is 5.26 Å². The Labute approximate surface area is 182 Å². The van der Waals surface area contributed by atoms with Gasteiger partial charge in [-0.05, 0) is 48.4 Å². The van der Waals surface area contributed by atoms with E-state index in [9.17, 15) is 13.6 Å². The number of carbonyl (C=O) groups is 1. The Balaban J connectivity index is 1.47. The number of benzene rings is 2. The molecule has 6 nitrogen and oxygen atoms in total. The molecule has 2 N–H and O–H groups in total. The highest BCUT2D eigenvalue weighted by molar-refractivity contribution is 6.31. The van der Waals surface area contributed by atoms with Gasteiger partial charge in [-0.25, -0.2) is 13.8 Å². The van der Waals surface area contributed by atoms with Gasteiger partial charge in [-0.2, -0.15) is 5.26 Å². The standard InChI is InChI=1S/C22H18ClF2N5O/c23-19-8-16(30-22(31)9-17-12-29-18(10-26)13-28-17)3-2-15(19)5-6-27-11-14-1-4-20(24)21(25)7-14/h1-4,7-8,12-13,27H,5-6,9,11H2,(H,30,31). The maximum Gasteiger partial charge on any atom is 0.230 e. The molecule has 0 aliphatic carbocycles. The van der Waals surface area contributed by atoms with Crippen molar-refractivity contribution in [3.05, 3.63) is 88.0 Å². The van der Waals surface area contributed by atoms with Crippen molar-refractivity contribution in [3.63, 3.8) is 0 Å². The van der Waals surface area contributed by atoms with Gasteiger partial charge in [-0.1, -0.05) is 23.7 Å². The molecule has 1 heterocycles. The van der Waals surface area contributed by atoms with Gasteiger partial charge in [-0.15, -0.1) is 0 Å². The molecule has 0 saturated carbocycles. The Morgan fingerprint density at radius 3 is 2.61 bits per heavy atom. The maximum absolute atomic E-state index is 13.2. The van der Waals surface area contributed by atoms with E-state index in [1.165, 1.54) is 18.5 Å². The van der Waals surface area contributed by atoms with Crippen molar-refractivity contribution < 1.29 is 13.6 Å². The van der Waals surface area contributed by atoms with Crippen LogP contribution in [0.5, 0.6) is 0 Å². The number of nitrogens with one attached hydrogen (secondary N) is 2. The van der Waals surface area contributed by atoms with Crippen molar-refractivity contribution in [1.82, 2.24) is 15.3 Å². The minimum atomic E-state index is -0.869. The summed E-state index contributed by atoms with van der Waals surface area (Å²) < 4.78 is 26.2. The minimum absolute atomic E-state index is 0.0198. The fourth-order valence-electron chi connectivity index (χ4n) is 2.81. The van der Waals surface area contributed by atoms with Gasteiger partial charge >= 0.3 is 0 Å². The quantitative estimate of drug-likeness (QED) is 0.519. The molecular weight excluding hydrogens is 424 g/mol. The zero-order chi connectivity index (χ0) is 22.2. The van der Waals surface area contributed by atoms with E-state index < -0.39 is 11.6 Å².